The molecular weight excluding hydrogens is 525 g/mol. The van der Waals surface area contributed by atoms with E-state index in [4.69, 9.17) is 18.8 Å². The lowest BCUT2D eigenvalue weighted by atomic mass is 9.51. The van der Waals surface area contributed by atoms with Gasteiger partial charge in [-0.25, -0.2) is 14.0 Å². The molecule has 4 saturated carbocycles. The minimum absolute atomic E-state index is 0.00780. The number of rotatable bonds is 5. The maximum atomic E-state index is 14.5. The maximum Gasteiger partial charge on any atom is 0.490 e. The Kier molecular flexibility index (Phi) is 5.94. The zero-order valence-electron chi connectivity index (χ0n) is 17.5. The Morgan fingerprint density at radius 3 is 2.03 bits per heavy atom. The summed E-state index contributed by atoms with van der Waals surface area (Å²) in [7, 11) is -6.60. The number of alkyl halides is 7. The highest BCUT2D eigenvalue weighted by atomic mass is 32.2. The molecule has 1 saturated heterocycles. The first-order valence-corrected chi connectivity index (χ1v) is 11.8. The molecule has 5 rings (SSSR count). The first kappa shape index (κ1) is 26.3. The summed E-state index contributed by atoms with van der Waals surface area (Å²) in [6.07, 6.45) is -12.2. The molecule has 5 fully saturated rings. The van der Waals surface area contributed by atoms with E-state index in [1.54, 1.807) is 0 Å². The molecule has 4 aliphatic carbocycles. The second-order valence-corrected chi connectivity index (χ2v) is 10.9. The average Bonchev–Trinajstić information content (AvgIpc) is 3.11. The van der Waals surface area contributed by atoms with Crippen LogP contribution in [0.5, 0.6) is 0 Å². The van der Waals surface area contributed by atoms with Gasteiger partial charge in [-0.15, -0.1) is 0 Å². The molecule has 1 heterocycles. The van der Waals surface area contributed by atoms with Gasteiger partial charge < -0.3 is 18.9 Å². The molecule has 1 aliphatic heterocycles. The number of hydrogen-bond acceptors (Lipinski definition) is 8. The van der Waals surface area contributed by atoms with Crippen molar-refractivity contribution in [3.63, 3.8) is 0 Å². The van der Waals surface area contributed by atoms with Crippen molar-refractivity contribution in [2.45, 2.75) is 66.9 Å². The smallest absolute Gasteiger partial charge is 0.456 e. The van der Waals surface area contributed by atoms with Gasteiger partial charge in [-0.2, -0.15) is 34.8 Å². The molecule has 200 valence electrons. The molecular formula is C18H19F7O9S. The van der Waals surface area contributed by atoms with Crippen molar-refractivity contribution in [1.82, 2.24) is 0 Å². The minimum Gasteiger partial charge on any atom is -0.456 e. The topological polar surface area (TPSA) is 125 Å². The van der Waals surface area contributed by atoms with Gasteiger partial charge in [0.05, 0.1) is 6.61 Å². The van der Waals surface area contributed by atoms with E-state index in [1.165, 1.54) is 0 Å². The van der Waals surface area contributed by atoms with Crippen LogP contribution >= 0.6 is 0 Å². The van der Waals surface area contributed by atoms with Crippen LogP contribution in [0.2, 0.25) is 0 Å². The predicted octanol–water partition coefficient (Wildman–Crippen LogP) is 2.44. The summed E-state index contributed by atoms with van der Waals surface area (Å²) in [6, 6.07) is 0. The molecule has 9 nitrogen and oxygen atoms in total. The lowest BCUT2D eigenvalue weighted by molar-refractivity contribution is -0.323. The lowest BCUT2D eigenvalue weighted by Gasteiger charge is -2.62. The Morgan fingerprint density at radius 2 is 1.54 bits per heavy atom. The van der Waals surface area contributed by atoms with Gasteiger partial charge in [0, 0.05) is 11.8 Å². The lowest BCUT2D eigenvalue weighted by Crippen LogP contribution is -2.66. The van der Waals surface area contributed by atoms with Gasteiger partial charge in [0.2, 0.25) is 0 Å². The quantitative estimate of drug-likeness (QED) is 0.316. The molecule has 1 spiro atoms. The van der Waals surface area contributed by atoms with Gasteiger partial charge in [-0.1, -0.05) is 0 Å². The first-order chi connectivity index (χ1) is 15.8. The number of ether oxygens (including phenoxy) is 4. The molecule has 4 atom stereocenters. The minimum atomic E-state index is -6.60. The summed E-state index contributed by atoms with van der Waals surface area (Å²) in [6.45, 7) is -1.02. The fraction of sp³-hybridized carbons (Fsp3) is 0.889. The number of esters is 2. The van der Waals surface area contributed by atoms with Gasteiger partial charge >= 0.3 is 39.4 Å². The van der Waals surface area contributed by atoms with E-state index in [-0.39, 0.29) is 31.8 Å². The van der Waals surface area contributed by atoms with Crippen LogP contribution in [0.15, 0.2) is 0 Å². The third-order valence-electron chi connectivity index (χ3n) is 7.04. The molecule has 0 amide bonds. The van der Waals surface area contributed by atoms with E-state index >= 15 is 0 Å². The van der Waals surface area contributed by atoms with E-state index in [0.29, 0.717) is 12.8 Å². The summed E-state index contributed by atoms with van der Waals surface area (Å²) in [5.41, 5.74) is -1.69. The Morgan fingerprint density at radius 1 is 0.971 bits per heavy atom. The third-order valence-corrected chi connectivity index (χ3v) is 8.15. The fourth-order valence-corrected chi connectivity index (χ4v) is 6.47. The second kappa shape index (κ2) is 7.89. The standard InChI is InChI=1S/C18H19F7O9S/c19-16(18(23,24)25,35(28,29)30)12(26)34-14-3-8-1-9(4-14)15(10(2-8)5-14)32-7-11(33-15)6-31-13(27)17(20,21)22/h8-11H,1-7H2,(H,28,29,30). The van der Waals surface area contributed by atoms with Crippen LogP contribution in [0.4, 0.5) is 30.7 Å². The van der Waals surface area contributed by atoms with Gasteiger partial charge in [0.15, 0.2) is 5.79 Å². The number of hydrogen-bond donors (Lipinski definition) is 1. The largest absolute Gasteiger partial charge is 0.490 e. The van der Waals surface area contributed by atoms with Crippen LogP contribution < -0.4 is 0 Å². The number of carbonyl (C=O) groups excluding carboxylic acids is 2. The fourth-order valence-electron chi connectivity index (χ4n) is 5.92. The Bertz CT molecular complexity index is 995. The van der Waals surface area contributed by atoms with E-state index in [1.807, 2.05) is 0 Å². The highest BCUT2D eigenvalue weighted by Gasteiger charge is 2.75. The normalized spacial score (nSPS) is 38.4. The highest BCUT2D eigenvalue weighted by Crippen LogP contribution is 2.64. The summed E-state index contributed by atoms with van der Waals surface area (Å²) >= 11 is 0. The van der Waals surface area contributed by atoms with Gasteiger partial charge in [0.25, 0.3) is 0 Å². The van der Waals surface area contributed by atoms with Crippen molar-refractivity contribution < 1.29 is 72.2 Å². The molecule has 0 aromatic heterocycles. The summed E-state index contributed by atoms with van der Waals surface area (Å²) in [4.78, 5) is 23.1. The van der Waals surface area contributed by atoms with Crippen molar-refractivity contribution in [3.8, 4) is 0 Å². The number of halogens is 7. The van der Waals surface area contributed by atoms with Gasteiger partial charge in [0.1, 0.15) is 18.3 Å². The molecule has 0 aromatic carbocycles. The monoisotopic (exact) mass is 544 g/mol. The molecule has 0 aromatic rings. The van der Waals surface area contributed by atoms with Crippen LogP contribution in [0.1, 0.15) is 32.1 Å². The molecule has 5 aliphatic rings. The van der Waals surface area contributed by atoms with Crippen LogP contribution in [-0.2, 0) is 38.7 Å². The van der Waals surface area contributed by atoms with E-state index in [2.05, 4.69) is 4.74 Å². The van der Waals surface area contributed by atoms with E-state index in [0.717, 1.165) is 0 Å². The molecule has 35 heavy (non-hydrogen) atoms. The van der Waals surface area contributed by atoms with Crippen LogP contribution in [0.3, 0.4) is 0 Å². The van der Waals surface area contributed by atoms with Crippen LogP contribution in [0.25, 0.3) is 0 Å². The summed E-state index contributed by atoms with van der Waals surface area (Å²) < 4.78 is 143. The predicted molar refractivity (Wildman–Crippen MR) is 94.4 cm³/mol. The van der Waals surface area contributed by atoms with E-state index < -0.39 is 75.3 Å². The molecule has 0 radical (unpaired) electrons. The zero-order valence-corrected chi connectivity index (χ0v) is 18.3. The van der Waals surface area contributed by atoms with Crippen molar-refractivity contribution >= 4 is 22.1 Å². The van der Waals surface area contributed by atoms with Crippen molar-refractivity contribution in [1.29, 1.82) is 0 Å². The molecule has 4 unspecified atom stereocenters. The van der Waals surface area contributed by atoms with Crippen molar-refractivity contribution in [2.75, 3.05) is 13.2 Å². The average molecular weight is 544 g/mol. The summed E-state index contributed by atoms with van der Waals surface area (Å²) in [5, 5.41) is -5.69. The maximum absolute atomic E-state index is 14.5. The van der Waals surface area contributed by atoms with Crippen molar-refractivity contribution in [2.24, 2.45) is 17.8 Å². The molecule has 4 bridgehead atoms. The second-order valence-electron chi connectivity index (χ2n) is 9.35. The molecule has 17 heteroatoms. The highest BCUT2D eigenvalue weighted by molar-refractivity contribution is 7.88. The Labute approximate surface area is 192 Å². The van der Waals surface area contributed by atoms with E-state index in [9.17, 15) is 48.7 Å². The first-order valence-electron chi connectivity index (χ1n) is 10.3. The number of carbonyl (C=O) groups is 2. The Hall–Kier alpha value is -1.72. The van der Waals surface area contributed by atoms with Gasteiger partial charge in [-0.3, -0.25) is 4.55 Å². The van der Waals surface area contributed by atoms with Crippen molar-refractivity contribution in [3.05, 3.63) is 0 Å². The third kappa shape index (κ3) is 4.17. The van der Waals surface area contributed by atoms with Crippen LogP contribution in [-0.4, -0.2) is 73.0 Å². The van der Waals surface area contributed by atoms with Crippen LogP contribution in [0, 0.1) is 17.8 Å². The SMILES string of the molecule is O=C(OCC1COC2(O1)C1CC3CC2CC(OC(=O)C(F)(C(F)(F)F)S(=O)(=O)O)(C3)C1)C(F)(F)F. The Balaban J connectivity index is 1.50. The zero-order chi connectivity index (χ0) is 26.2. The van der Waals surface area contributed by atoms with Gasteiger partial charge in [-0.05, 0) is 38.0 Å². The summed E-state index contributed by atoms with van der Waals surface area (Å²) in [5.74, 6) is -8.15. The molecule has 1 N–H and O–H groups in total.